The first kappa shape index (κ1) is 44.7. The summed E-state index contributed by atoms with van der Waals surface area (Å²) >= 11 is 0. The monoisotopic (exact) mass is 943 g/mol. The lowest BCUT2D eigenvalue weighted by Gasteiger charge is -2.58. The summed E-state index contributed by atoms with van der Waals surface area (Å²) in [7, 11) is -2.30. The summed E-state index contributed by atoms with van der Waals surface area (Å²) in [6, 6.07) is 23.4. The zero-order valence-electron chi connectivity index (χ0n) is 38.7. The van der Waals surface area contributed by atoms with E-state index >= 15 is 0 Å². The van der Waals surface area contributed by atoms with Crippen LogP contribution in [0.4, 0.5) is 28.4 Å². The number of rotatable bonds is 12. The Morgan fingerprint density at radius 2 is 1.71 bits per heavy atom. The summed E-state index contributed by atoms with van der Waals surface area (Å²) in [5, 5.41) is 16.2. The second-order valence-corrected chi connectivity index (χ2v) is 21.7. The highest BCUT2D eigenvalue weighted by Gasteiger charge is 2.50. The van der Waals surface area contributed by atoms with Crippen molar-refractivity contribution in [1.82, 2.24) is 24.5 Å². The van der Waals surface area contributed by atoms with E-state index in [1.54, 1.807) is 11.6 Å². The van der Waals surface area contributed by atoms with Crippen LogP contribution < -0.4 is 24.6 Å². The average Bonchev–Trinajstić information content (AvgIpc) is 4.13. The number of sulfonamides is 1. The predicted octanol–water partition coefficient (Wildman–Crippen LogP) is 7.96. The van der Waals surface area contributed by atoms with Crippen molar-refractivity contribution in [3.05, 3.63) is 106 Å². The minimum Gasteiger partial charge on any atom is -0.476 e. The third kappa shape index (κ3) is 8.89. The Morgan fingerprint density at radius 3 is 2.49 bits per heavy atom. The molecule has 5 fully saturated rings. The maximum absolute atomic E-state index is 14.5. The number of carbonyl (C=O) groups excluding carboxylic acids is 1. The molecule has 68 heavy (non-hydrogen) atoms. The molecule has 4 aliphatic heterocycles. The van der Waals surface area contributed by atoms with E-state index in [0.29, 0.717) is 85.6 Å². The summed E-state index contributed by atoms with van der Waals surface area (Å²) in [5.74, 6) is 0.562. The molecule has 2 aromatic heterocycles. The molecule has 1 atom stereocenters. The Labute approximate surface area is 397 Å². The van der Waals surface area contributed by atoms with Crippen LogP contribution in [0.25, 0.3) is 11.0 Å². The van der Waals surface area contributed by atoms with Crippen molar-refractivity contribution in [1.29, 1.82) is 0 Å². The van der Waals surface area contributed by atoms with Crippen LogP contribution in [0.2, 0.25) is 0 Å². The lowest BCUT2D eigenvalue weighted by atomic mass is 9.59. The molecule has 1 unspecified atom stereocenters. The van der Waals surface area contributed by atoms with Crippen molar-refractivity contribution in [2.24, 2.45) is 11.3 Å². The molecular formula is C51H61N9O7S. The molecule has 3 saturated heterocycles. The smallest absolute Gasteiger partial charge is 0.293 e. The molecule has 2 saturated carbocycles. The van der Waals surface area contributed by atoms with Crippen molar-refractivity contribution in [3.63, 3.8) is 0 Å². The van der Waals surface area contributed by atoms with Gasteiger partial charge in [-0.05, 0) is 136 Å². The summed E-state index contributed by atoms with van der Waals surface area (Å²) in [6.07, 6.45) is 11.3. The molecule has 1 spiro atoms. The molecule has 5 aromatic rings. The third-order valence-electron chi connectivity index (χ3n) is 15.7. The van der Waals surface area contributed by atoms with E-state index in [4.69, 9.17) is 14.5 Å². The zero-order valence-corrected chi connectivity index (χ0v) is 39.5. The number of likely N-dealkylation sites (N-methyl/N-ethyl adjacent to an activating group) is 1. The number of nitrogens with one attached hydrogen (secondary N) is 3. The van der Waals surface area contributed by atoms with Crippen LogP contribution >= 0.6 is 0 Å². The van der Waals surface area contributed by atoms with E-state index in [2.05, 4.69) is 61.0 Å². The maximum Gasteiger partial charge on any atom is 0.293 e. The largest absolute Gasteiger partial charge is 0.476 e. The van der Waals surface area contributed by atoms with Gasteiger partial charge in [0.2, 0.25) is 5.88 Å². The van der Waals surface area contributed by atoms with E-state index in [1.807, 2.05) is 35.4 Å². The molecule has 3 aromatic carbocycles. The number of carbonyl (C=O) groups is 1. The number of hydrogen-bond donors (Lipinski definition) is 3. The molecule has 6 heterocycles. The molecule has 0 radical (unpaired) electrons. The molecule has 16 nitrogen and oxygen atoms in total. The van der Waals surface area contributed by atoms with Crippen molar-refractivity contribution in [2.45, 2.75) is 80.7 Å². The van der Waals surface area contributed by atoms with Gasteiger partial charge in [-0.2, -0.15) is 4.98 Å². The van der Waals surface area contributed by atoms with E-state index in [-0.39, 0.29) is 27.8 Å². The van der Waals surface area contributed by atoms with E-state index in [1.165, 1.54) is 43.4 Å². The Morgan fingerprint density at radius 1 is 0.912 bits per heavy atom. The van der Waals surface area contributed by atoms with Crippen LogP contribution in [0.15, 0.2) is 83.9 Å². The second-order valence-electron chi connectivity index (χ2n) is 20.1. The van der Waals surface area contributed by atoms with Crippen LogP contribution in [0.5, 0.6) is 5.88 Å². The Balaban J connectivity index is 0.840. The van der Waals surface area contributed by atoms with Crippen molar-refractivity contribution < 1.29 is 27.6 Å². The van der Waals surface area contributed by atoms with Gasteiger partial charge in [0.1, 0.15) is 17.0 Å². The van der Waals surface area contributed by atoms with E-state index in [9.17, 15) is 23.3 Å². The first-order chi connectivity index (χ1) is 33.0. The van der Waals surface area contributed by atoms with Gasteiger partial charge in [-0.15, -0.1) is 0 Å². The van der Waals surface area contributed by atoms with Crippen LogP contribution in [0.1, 0.15) is 91.2 Å². The fourth-order valence-electron chi connectivity index (χ4n) is 11.6. The molecule has 17 heteroatoms. The maximum atomic E-state index is 14.5. The molecule has 2 aliphatic carbocycles. The number of amides is 1. The number of nitro benzene ring substituents is 1. The Bertz CT molecular complexity index is 2810. The van der Waals surface area contributed by atoms with Crippen LogP contribution in [0.3, 0.4) is 0 Å². The van der Waals surface area contributed by atoms with E-state index < -0.39 is 20.9 Å². The Kier molecular flexibility index (Phi) is 12.0. The van der Waals surface area contributed by atoms with Crippen LogP contribution in [0, 0.1) is 21.4 Å². The third-order valence-corrected chi connectivity index (χ3v) is 17.0. The SMILES string of the molecule is CN1CCN(C2CC3(CCN(c4ccc(C(=O)NS(=O)(=O)c5ccc(NCC6CCOCC6)c([N+](=O)[O-])c5)c(N5CCCOc6nc7[nH]ccc7cc65)c4)CC3)C2)C(c2ccccc2C2CC2)C1. The number of fused-ring (bicyclic) bond motifs is 2. The van der Waals surface area contributed by atoms with Gasteiger partial charge in [0.05, 0.1) is 27.7 Å². The van der Waals surface area contributed by atoms with Gasteiger partial charge < -0.3 is 34.5 Å². The van der Waals surface area contributed by atoms with Gasteiger partial charge in [-0.25, -0.2) is 13.1 Å². The number of nitro groups is 1. The fraction of sp³-hybridized carbons (Fsp3) is 0.490. The van der Waals surface area contributed by atoms with Crippen molar-refractivity contribution in [2.75, 3.05) is 87.8 Å². The quantitative estimate of drug-likeness (QED) is 0.0812. The molecule has 0 bridgehead atoms. The molecule has 6 aliphatic rings. The minimum absolute atomic E-state index is 0.142. The van der Waals surface area contributed by atoms with Crippen LogP contribution in [-0.4, -0.2) is 118 Å². The van der Waals surface area contributed by atoms with Gasteiger partial charge in [0.25, 0.3) is 21.6 Å². The zero-order chi connectivity index (χ0) is 46.6. The molecule has 11 rings (SSSR count). The molecular weight excluding hydrogens is 883 g/mol. The number of anilines is 4. The number of piperidine rings is 1. The normalized spacial score (nSPS) is 21.8. The number of ether oxygens (including phenoxy) is 2. The van der Waals surface area contributed by atoms with Gasteiger partial charge in [-0.3, -0.25) is 19.8 Å². The van der Waals surface area contributed by atoms with Crippen LogP contribution in [-0.2, 0) is 14.8 Å². The number of benzene rings is 3. The van der Waals surface area contributed by atoms with Gasteiger partial charge in [0.15, 0.2) is 0 Å². The number of nitrogens with zero attached hydrogens (tertiary/aromatic N) is 6. The highest BCUT2D eigenvalue weighted by molar-refractivity contribution is 7.90. The number of aromatic amines is 1. The molecule has 1 amide bonds. The number of piperazine rings is 1. The summed E-state index contributed by atoms with van der Waals surface area (Å²) in [4.78, 5) is 43.4. The number of aromatic nitrogens is 2. The highest BCUT2D eigenvalue weighted by atomic mass is 32.2. The Hall–Kier alpha value is -5.75. The fourth-order valence-corrected chi connectivity index (χ4v) is 12.6. The van der Waals surface area contributed by atoms with Crippen molar-refractivity contribution >= 4 is 55.4 Å². The summed E-state index contributed by atoms with van der Waals surface area (Å²) in [5.41, 5.74) is 6.17. The lowest BCUT2D eigenvalue weighted by molar-refractivity contribution is -0.384. The number of pyridine rings is 1. The van der Waals surface area contributed by atoms with Gasteiger partial charge >= 0.3 is 0 Å². The number of H-pyrrole nitrogens is 1. The lowest BCUT2D eigenvalue weighted by Crippen LogP contribution is -2.59. The average molecular weight is 944 g/mol. The molecule has 358 valence electrons. The predicted molar refractivity (Wildman–Crippen MR) is 262 cm³/mol. The van der Waals surface area contributed by atoms with Gasteiger partial charge in [-0.1, -0.05) is 24.3 Å². The minimum atomic E-state index is -4.55. The summed E-state index contributed by atoms with van der Waals surface area (Å²) < 4.78 is 41.9. The highest BCUT2D eigenvalue weighted by Crippen LogP contribution is 2.54. The van der Waals surface area contributed by atoms with Gasteiger partial charge in [0, 0.05) is 94.4 Å². The summed E-state index contributed by atoms with van der Waals surface area (Å²) in [6.45, 7) is 7.64. The first-order valence-corrected chi connectivity index (χ1v) is 26.0. The first-order valence-electron chi connectivity index (χ1n) is 24.5. The number of hydrogen-bond acceptors (Lipinski definition) is 13. The van der Waals surface area contributed by atoms with E-state index in [0.717, 1.165) is 75.5 Å². The topological polar surface area (TPSA) is 179 Å². The van der Waals surface area contributed by atoms with Crippen molar-refractivity contribution in [3.8, 4) is 5.88 Å². The standard InChI is InChI=1S/C51H61N9O7S/c1-56-22-23-58(47(33-56)41-6-3-2-5-40(41)35-7-8-35)38-30-51(31-38)16-20-57(21-17-51)37-9-11-42(44(28-37)59-19-4-24-67-50-46(59)27-36-13-18-52-48(36)54-50)49(61)55-68(64,65)39-10-12-43(45(29-39)60(62)63)53-32-34-14-25-66-26-15-34/h2-3,5-6,9-13,18,27-29,34-35,38,47,53H,4,7-8,14-17,19-26,30-33H2,1H3,(H,52,54)(H,55,61). The molecule has 3 N–H and O–H groups in total. The second kappa shape index (κ2) is 18.3.